The summed E-state index contributed by atoms with van der Waals surface area (Å²) in [7, 11) is 1.26. The number of methoxy groups -OCH3 is 1. The minimum Gasteiger partial charge on any atom is -0.465 e. The van der Waals surface area contributed by atoms with Gasteiger partial charge in [-0.2, -0.15) is 0 Å². The lowest BCUT2D eigenvalue weighted by Gasteiger charge is -2.19. The van der Waals surface area contributed by atoms with Crippen molar-refractivity contribution in [1.29, 1.82) is 0 Å². The van der Waals surface area contributed by atoms with Crippen LogP contribution >= 0.6 is 11.6 Å². The molecule has 0 spiro atoms. The molecule has 0 saturated heterocycles. The Hall–Kier alpha value is -4.17. The van der Waals surface area contributed by atoms with Crippen molar-refractivity contribution < 1.29 is 28.7 Å². The predicted octanol–water partition coefficient (Wildman–Crippen LogP) is 4.17. The fraction of sp³-hybridized carbons (Fsp3) is 0.154. The molecule has 2 N–H and O–H groups in total. The Labute approximate surface area is 207 Å². The number of halogens is 1. The molecule has 0 heterocycles. The third-order valence-electron chi connectivity index (χ3n) is 4.93. The minimum absolute atomic E-state index is 0.203. The number of benzene rings is 3. The number of carbonyl (C=O) groups excluding carboxylic acids is 4. The first-order chi connectivity index (χ1) is 16.9. The normalized spacial score (nSPS) is 11.1. The summed E-state index contributed by atoms with van der Waals surface area (Å²) in [4.78, 5) is 49.1. The number of ether oxygens (including phenoxy) is 2. The highest BCUT2D eigenvalue weighted by molar-refractivity contribution is 6.33. The van der Waals surface area contributed by atoms with Gasteiger partial charge in [-0.3, -0.25) is 14.4 Å². The molecule has 0 radical (unpaired) electrons. The van der Waals surface area contributed by atoms with Gasteiger partial charge in [-0.15, -0.1) is 0 Å². The van der Waals surface area contributed by atoms with Crippen LogP contribution in [0.4, 0.5) is 5.69 Å². The highest BCUT2D eigenvalue weighted by atomic mass is 35.5. The van der Waals surface area contributed by atoms with Crippen LogP contribution in [0.25, 0.3) is 0 Å². The quantitative estimate of drug-likeness (QED) is 0.432. The lowest BCUT2D eigenvalue weighted by atomic mass is 10.0. The van der Waals surface area contributed by atoms with Crippen molar-refractivity contribution in [3.63, 3.8) is 0 Å². The fourth-order valence-corrected chi connectivity index (χ4v) is 3.45. The van der Waals surface area contributed by atoms with E-state index >= 15 is 0 Å². The van der Waals surface area contributed by atoms with E-state index in [2.05, 4.69) is 15.4 Å². The first kappa shape index (κ1) is 25.5. The van der Waals surface area contributed by atoms with Crippen molar-refractivity contribution in [1.82, 2.24) is 5.32 Å². The third kappa shape index (κ3) is 7.41. The SMILES string of the molecule is COC(=O)c1cccc(NC(=O)COC(=O)CC(NC(=O)c2ccccc2Cl)c2ccccc2)c1. The molecule has 0 aromatic heterocycles. The number of carbonyl (C=O) groups is 4. The highest BCUT2D eigenvalue weighted by Crippen LogP contribution is 2.21. The molecule has 8 nitrogen and oxygen atoms in total. The van der Waals surface area contributed by atoms with E-state index in [1.165, 1.54) is 13.2 Å². The van der Waals surface area contributed by atoms with Gasteiger partial charge in [0.2, 0.25) is 0 Å². The first-order valence-corrected chi connectivity index (χ1v) is 11.0. The number of hydrogen-bond donors (Lipinski definition) is 2. The van der Waals surface area contributed by atoms with Crippen molar-refractivity contribution in [2.75, 3.05) is 19.0 Å². The molecule has 3 aromatic rings. The van der Waals surface area contributed by atoms with Crippen molar-refractivity contribution in [3.8, 4) is 0 Å². The monoisotopic (exact) mass is 494 g/mol. The van der Waals surface area contributed by atoms with Gasteiger partial charge in [-0.1, -0.05) is 60.1 Å². The zero-order valence-electron chi connectivity index (χ0n) is 18.8. The number of anilines is 1. The van der Waals surface area contributed by atoms with E-state index in [4.69, 9.17) is 16.3 Å². The van der Waals surface area contributed by atoms with E-state index in [0.29, 0.717) is 11.3 Å². The number of amides is 2. The first-order valence-electron chi connectivity index (χ1n) is 10.6. The minimum atomic E-state index is -0.702. The molecule has 9 heteroatoms. The van der Waals surface area contributed by atoms with Crippen LogP contribution < -0.4 is 10.6 Å². The summed E-state index contributed by atoms with van der Waals surface area (Å²) in [5, 5.41) is 5.64. The zero-order valence-corrected chi connectivity index (χ0v) is 19.6. The van der Waals surface area contributed by atoms with Gasteiger partial charge in [0.1, 0.15) is 0 Å². The molecule has 2 amide bonds. The van der Waals surface area contributed by atoms with Gasteiger partial charge in [-0.25, -0.2) is 4.79 Å². The second kappa shape index (κ2) is 12.3. The van der Waals surface area contributed by atoms with Gasteiger partial charge in [0.25, 0.3) is 11.8 Å². The van der Waals surface area contributed by atoms with Crippen molar-refractivity contribution >= 4 is 41.0 Å². The number of rotatable bonds is 9. The van der Waals surface area contributed by atoms with Crippen LogP contribution in [-0.2, 0) is 19.1 Å². The molecule has 0 aliphatic rings. The van der Waals surface area contributed by atoms with Crippen molar-refractivity contribution in [3.05, 3.63) is 101 Å². The lowest BCUT2D eigenvalue weighted by molar-refractivity contribution is -0.147. The molecule has 35 heavy (non-hydrogen) atoms. The van der Waals surface area contributed by atoms with E-state index in [1.807, 2.05) is 6.07 Å². The van der Waals surface area contributed by atoms with Crippen LogP contribution in [0.15, 0.2) is 78.9 Å². The van der Waals surface area contributed by atoms with E-state index in [9.17, 15) is 19.2 Å². The Bertz CT molecular complexity index is 1220. The molecule has 180 valence electrons. The van der Waals surface area contributed by atoms with Gasteiger partial charge in [0, 0.05) is 5.69 Å². The summed E-state index contributed by atoms with van der Waals surface area (Å²) in [6.45, 7) is -0.540. The van der Waals surface area contributed by atoms with Crippen LogP contribution in [0.3, 0.4) is 0 Å². The van der Waals surface area contributed by atoms with Gasteiger partial charge >= 0.3 is 11.9 Å². The van der Waals surface area contributed by atoms with Crippen LogP contribution in [0, 0.1) is 0 Å². The highest BCUT2D eigenvalue weighted by Gasteiger charge is 2.22. The molecular formula is C26H23ClN2O6. The van der Waals surface area contributed by atoms with Gasteiger partial charge in [0.15, 0.2) is 6.61 Å². The molecule has 0 bridgehead atoms. The summed E-state index contributed by atoms with van der Waals surface area (Å²) in [6.07, 6.45) is -0.203. The summed E-state index contributed by atoms with van der Waals surface area (Å²) in [5.41, 5.74) is 1.58. The molecule has 3 rings (SSSR count). The maximum absolute atomic E-state index is 12.8. The molecule has 0 aliphatic carbocycles. The Morgan fingerprint density at radius 2 is 1.63 bits per heavy atom. The molecule has 1 atom stereocenters. The van der Waals surface area contributed by atoms with Gasteiger partial charge in [-0.05, 0) is 35.9 Å². The van der Waals surface area contributed by atoms with E-state index in [1.54, 1.807) is 66.7 Å². The maximum atomic E-state index is 12.8. The summed E-state index contributed by atoms with van der Waals surface area (Å²) >= 11 is 6.12. The molecular weight excluding hydrogens is 472 g/mol. The predicted molar refractivity (Wildman–Crippen MR) is 130 cm³/mol. The summed E-state index contributed by atoms with van der Waals surface area (Å²) in [6, 6.07) is 21.0. The molecule has 1 unspecified atom stereocenters. The van der Waals surface area contributed by atoms with Crippen LogP contribution in [0.5, 0.6) is 0 Å². The zero-order chi connectivity index (χ0) is 25.2. The summed E-state index contributed by atoms with van der Waals surface area (Å²) in [5.74, 6) is -2.26. The fourth-order valence-electron chi connectivity index (χ4n) is 3.23. The third-order valence-corrected chi connectivity index (χ3v) is 5.26. The van der Waals surface area contributed by atoms with Crippen molar-refractivity contribution in [2.45, 2.75) is 12.5 Å². The van der Waals surface area contributed by atoms with Gasteiger partial charge < -0.3 is 20.1 Å². The largest absolute Gasteiger partial charge is 0.465 e. The van der Waals surface area contributed by atoms with Crippen LogP contribution in [-0.4, -0.2) is 37.5 Å². The lowest BCUT2D eigenvalue weighted by Crippen LogP contribution is -2.31. The Kier molecular flexibility index (Phi) is 8.97. The average Bonchev–Trinajstić information content (AvgIpc) is 2.87. The van der Waals surface area contributed by atoms with E-state index in [0.717, 1.165) is 0 Å². The van der Waals surface area contributed by atoms with Gasteiger partial charge in [0.05, 0.1) is 35.7 Å². The smallest absolute Gasteiger partial charge is 0.337 e. The Balaban J connectivity index is 1.61. The Morgan fingerprint density at radius 1 is 0.914 bits per heavy atom. The maximum Gasteiger partial charge on any atom is 0.337 e. The topological polar surface area (TPSA) is 111 Å². The Morgan fingerprint density at radius 3 is 2.34 bits per heavy atom. The van der Waals surface area contributed by atoms with Crippen LogP contribution in [0.2, 0.25) is 5.02 Å². The molecule has 3 aromatic carbocycles. The second-order valence-electron chi connectivity index (χ2n) is 7.40. The number of esters is 2. The summed E-state index contributed by atoms with van der Waals surface area (Å²) < 4.78 is 9.77. The van der Waals surface area contributed by atoms with E-state index < -0.39 is 36.4 Å². The van der Waals surface area contributed by atoms with E-state index in [-0.39, 0.29) is 22.6 Å². The standard InChI is InChI=1S/C26H23ClN2O6/c1-34-26(33)18-10-7-11-19(14-18)28-23(30)16-35-24(31)15-22(17-8-3-2-4-9-17)29-25(32)20-12-5-6-13-21(20)27/h2-14,22H,15-16H2,1H3,(H,28,30)(H,29,32). The number of nitrogens with one attached hydrogen (secondary N) is 2. The molecule has 0 fully saturated rings. The van der Waals surface area contributed by atoms with Crippen molar-refractivity contribution in [2.24, 2.45) is 0 Å². The number of hydrogen-bond acceptors (Lipinski definition) is 6. The average molecular weight is 495 g/mol. The van der Waals surface area contributed by atoms with Crippen LogP contribution in [0.1, 0.15) is 38.7 Å². The second-order valence-corrected chi connectivity index (χ2v) is 7.81. The molecule has 0 saturated carbocycles. The molecule has 0 aliphatic heterocycles.